The molecule has 26 heavy (non-hydrogen) atoms. The lowest BCUT2D eigenvalue weighted by Gasteiger charge is -2.10. The van der Waals surface area contributed by atoms with Gasteiger partial charge in [0.15, 0.2) is 6.61 Å². The van der Waals surface area contributed by atoms with Gasteiger partial charge in [-0.25, -0.2) is 4.79 Å². The van der Waals surface area contributed by atoms with E-state index in [9.17, 15) is 19.7 Å². The predicted molar refractivity (Wildman–Crippen MR) is 97.6 cm³/mol. The molecule has 7 heteroatoms. The number of rotatable bonds is 6. The van der Waals surface area contributed by atoms with E-state index in [1.165, 1.54) is 24.3 Å². The van der Waals surface area contributed by atoms with Gasteiger partial charge in [-0.3, -0.25) is 14.9 Å². The Bertz CT molecular complexity index is 874. The van der Waals surface area contributed by atoms with Gasteiger partial charge < -0.3 is 10.1 Å². The van der Waals surface area contributed by atoms with E-state index < -0.39 is 23.4 Å². The number of amides is 1. The quantitative estimate of drug-likeness (QED) is 0.371. The van der Waals surface area contributed by atoms with E-state index in [1.54, 1.807) is 12.1 Å². The smallest absolute Gasteiger partial charge is 0.331 e. The summed E-state index contributed by atoms with van der Waals surface area (Å²) in [5.41, 5.74) is 3.06. The lowest BCUT2D eigenvalue weighted by atomic mass is 10.1. The van der Waals surface area contributed by atoms with Gasteiger partial charge in [0.2, 0.25) is 0 Å². The topological polar surface area (TPSA) is 98.5 Å². The molecular weight excluding hydrogens is 336 g/mol. The molecule has 1 N–H and O–H groups in total. The van der Waals surface area contributed by atoms with Crippen LogP contribution in [0.25, 0.3) is 6.08 Å². The van der Waals surface area contributed by atoms with Crippen molar-refractivity contribution in [2.75, 3.05) is 11.9 Å². The zero-order chi connectivity index (χ0) is 19.1. The first-order valence-electron chi connectivity index (χ1n) is 7.82. The number of benzene rings is 2. The summed E-state index contributed by atoms with van der Waals surface area (Å²) in [4.78, 5) is 33.8. The third-order valence-electron chi connectivity index (χ3n) is 3.72. The largest absolute Gasteiger partial charge is 0.452 e. The molecule has 2 aromatic carbocycles. The van der Waals surface area contributed by atoms with Crippen molar-refractivity contribution in [2.24, 2.45) is 0 Å². The average Bonchev–Trinajstić information content (AvgIpc) is 2.62. The van der Waals surface area contributed by atoms with Crippen LogP contribution in [0.15, 0.2) is 48.5 Å². The van der Waals surface area contributed by atoms with Gasteiger partial charge in [0.25, 0.3) is 11.6 Å². The van der Waals surface area contributed by atoms with Crippen molar-refractivity contribution in [3.05, 3.63) is 75.3 Å². The third kappa shape index (κ3) is 5.27. The third-order valence-corrected chi connectivity index (χ3v) is 3.72. The molecule has 0 fully saturated rings. The number of ether oxygens (including phenoxy) is 1. The Labute approximate surface area is 150 Å². The van der Waals surface area contributed by atoms with Crippen LogP contribution in [0.3, 0.4) is 0 Å². The first-order chi connectivity index (χ1) is 12.4. The second-order valence-electron chi connectivity index (χ2n) is 5.59. The number of anilines is 1. The van der Waals surface area contributed by atoms with Crippen molar-refractivity contribution in [2.45, 2.75) is 13.8 Å². The van der Waals surface area contributed by atoms with Gasteiger partial charge in [-0.1, -0.05) is 24.3 Å². The Hall–Kier alpha value is -3.48. The molecule has 0 unspecified atom stereocenters. The van der Waals surface area contributed by atoms with Crippen LogP contribution in [0.4, 0.5) is 11.4 Å². The van der Waals surface area contributed by atoms with E-state index in [0.717, 1.165) is 17.2 Å². The van der Waals surface area contributed by atoms with Gasteiger partial charge >= 0.3 is 5.97 Å². The Morgan fingerprint density at radius 1 is 1.19 bits per heavy atom. The zero-order valence-electron chi connectivity index (χ0n) is 14.4. The summed E-state index contributed by atoms with van der Waals surface area (Å²) in [7, 11) is 0. The molecule has 134 valence electrons. The first kappa shape index (κ1) is 18.9. The van der Waals surface area contributed by atoms with E-state index in [4.69, 9.17) is 4.74 Å². The number of nitro benzene ring substituents is 1. The highest BCUT2D eigenvalue weighted by Gasteiger charge is 2.08. The summed E-state index contributed by atoms with van der Waals surface area (Å²) in [5.74, 6) is -1.16. The molecule has 1 amide bonds. The molecule has 0 aliphatic carbocycles. The number of aryl methyl sites for hydroxylation is 1. The number of hydrogen-bond acceptors (Lipinski definition) is 5. The van der Waals surface area contributed by atoms with Crippen molar-refractivity contribution in [3.63, 3.8) is 0 Å². The van der Waals surface area contributed by atoms with Crippen LogP contribution in [0.2, 0.25) is 0 Å². The minimum atomic E-state index is -0.715. The van der Waals surface area contributed by atoms with Crippen molar-refractivity contribution in [1.82, 2.24) is 0 Å². The van der Waals surface area contributed by atoms with Gasteiger partial charge in [0.05, 0.1) is 4.92 Å². The lowest BCUT2D eigenvalue weighted by Crippen LogP contribution is -2.20. The molecule has 0 aliphatic heterocycles. The molecule has 0 bridgehead atoms. The number of nitrogens with one attached hydrogen (secondary N) is 1. The van der Waals surface area contributed by atoms with E-state index in [0.29, 0.717) is 11.3 Å². The zero-order valence-corrected chi connectivity index (χ0v) is 14.4. The van der Waals surface area contributed by atoms with Crippen molar-refractivity contribution < 1.29 is 19.2 Å². The molecule has 0 saturated heterocycles. The average molecular weight is 354 g/mol. The molecule has 2 aromatic rings. The fourth-order valence-electron chi connectivity index (χ4n) is 2.16. The van der Waals surface area contributed by atoms with E-state index in [2.05, 4.69) is 5.32 Å². The maximum absolute atomic E-state index is 11.9. The Kier molecular flexibility index (Phi) is 6.21. The Balaban J connectivity index is 1.88. The fraction of sp³-hybridized carbons (Fsp3) is 0.158. The Morgan fingerprint density at radius 3 is 2.65 bits per heavy atom. The second-order valence-corrected chi connectivity index (χ2v) is 5.59. The number of esters is 1. The molecule has 0 radical (unpaired) electrons. The lowest BCUT2D eigenvalue weighted by molar-refractivity contribution is -0.384. The Morgan fingerprint density at radius 2 is 1.92 bits per heavy atom. The van der Waals surface area contributed by atoms with Gasteiger partial charge in [-0.2, -0.15) is 0 Å². The summed E-state index contributed by atoms with van der Waals surface area (Å²) in [6.07, 6.45) is 2.50. The number of nitrogens with zero attached hydrogens (tertiary/aromatic N) is 1. The fourth-order valence-corrected chi connectivity index (χ4v) is 2.16. The van der Waals surface area contributed by atoms with Gasteiger partial charge in [-0.05, 0) is 42.7 Å². The maximum atomic E-state index is 11.9. The molecule has 0 aromatic heterocycles. The minimum absolute atomic E-state index is 0.0755. The summed E-state index contributed by atoms with van der Waals surface area (Å²) in [6, 6.07) is 11.3. The SMILES string of the molecule is Cc1cccc(NC(=O)COC(=O)C=Cc2cccc([N+](=O)[O-])c2)c1C. The van der Waals surface area contributed by atoms with Crippen LogP contribution in [0, 0.1) is 24.0 Å². The van der Waals surface area contributed by atoms with Crippen LogP contribution in [-0.4, -0.2) is 23.4 Å². The summed E-state index contributed by atoms with van der Waals surface area (Å²) in [5, 5.41) is 13.4. The highest BCUT2D eigenvalue weighted by Crippen LogP contribution is 2.17. The summed E-state index contributed by atoms with van der Waals surface area (Å²) < 4.78 is 4.87. The predicted octanol–water partition coefficient (Wildman–Crippen LogP) is 3.41. The highest BCUT2D eigenvalue weighted by molar-refractivity contribution is 5.95. The van der Waals surface area contributed by atoms with Gasteiger partial charge in [0.1, 0.15) is 0 Å². The number of non-ortho nitro benzene ring substituents is 1. The van der Waals surface area contributed by atoms with Crippen LogP contribution >= 0.6 is 0 Å². The molecular formula is C19H18N2O5. The van der Waals surface area contributed by atoms with E-state index in [-0.39, 0.29) is 5.69 Å². The standard InChI is InChI=1S/C19H18N2O5/c1-13-5-3-8-17(14(13)2)20-18(22)12-26-19(23)10-9-15-6-4-7-16(11-15)21(24)25/h3-11H,12H2,1-2H3,(H,20,22). The highest BCUT2D eigenvalue weighted by atomic mass is 16.6. The van der Waals surface area contributed by atoms with Crippen LogP contribution in [0.5, 0.6) is 0 Å². The molecule has 2 rings (SSSR count). The molecule has 0 heterocycles. The van der Waals surface area contributed by atoms with E-state index >= 15 is 0 Å². The molecule has 7 nitrogen and oxygen atoms in total. The monoisotopic (exact) mass is 354 g/mol. The maximum Gasteiger partial charge on any atom is 0.331 e. The molecule has 0 spiro atoms. The molecule has 0 atom stereocenters. The van der Waals surface area contributed by atoms with Crippen LogP contribution < -0.4 is 5.32 Å². The van der Waals surface area contributed by atoms with E-state index in [1.807, 2.05) is 26.0 Å². The molecule has 0 aliphatic rings. The van der Waals surface area contributed by atoms with Crippen LogP contribution in [0.1, 0.15) is 16.7 Å². The minimum Gasteiger partial charge on any atom is -0.452 e. The summed E-state index contributed by atoms with van der Waals surface area (Å²) in [6.45, 7) is 3.40. The second kappa shape index (κ2) is 8.57. The van der Waals surface area contributed by atoms with Crippen molar-refractivity contribution >= 4 is 29.3 Å². The molecule has 0 saturated carbocycles. The first-order valence-corrected chi connectivity index (χ1v) is 7.82. The number of carbonyl (C=O) groups is 2. The number of hydrogen-bond donors (Lipinski definition) is 1. The number of nitro groups is 1. The van der Waals surface area contributed by atoms with Gasteiger partial charge in [0, 0.05) is 23.9 Å². The van der Waals surface area contributed by atoms with Gasteiger partial charge in [-0.15, -0.1) is 0 Å². The number of carbonyl (C=O) groups excluding carboxylic acids is 2. The normalized spacial score (nSPS) is 10.5. The summed E-state index contributed by atoms with van der Waals surface area (Å²) >= 11 is 0. The van der Waals surface area contributed by atoms with Crippen molar-refractivity contribution in [1.29, 1.82) is 0 Å². The van der Waals surface area contributed by atoms with Crippen molar-refractivity contribution in [3.8, 4) is 0 Å². The van der Waals surface area contributed by atoms with Crippen LogP contribution in [-0.2, 0) is 14.3 Å².